The summed E-state index contributed by atoms with van der Waals surface area (Å²) < 4.78 is 1.28. The van der Waals surface area contributed by atoms with Gasteiger partial charge in [-0.25, -0.2) is 0 Å². The van der Waals surface area contributed by atoms with E-state index >= 15 is 0 Å². The second kappa shape index (κ2) is 3.48. The maximum absolute atomic E-state index is 4.03. The molecule has 3 aromatic rings. The summed E-state index contributed by atoms with van der Waals surface area (Å²) in [7, 11) is 0. The summed E-state index contributed by atoms with van der Waals surface area (Å²) >= 11 is 1.72. The molecule has 0 fully saturated rings. The zero-order valence-corrected chi connectivity index (χ0v) is 8.79. The Morgan fingerprint density at radius 1 is 1.07 bits per heavy atom. The maximum Gasteiger partial charge on any atom is 0.0355 e. The van der Waals surface area contributed by atoms with E-state index in [-0.39, 0.29) is 0 Å². The first-order valence-electron chi connectivity index (χ1n) is 4.73. The number of rotatable bonds is 1. The van der Waals surface area contributed by atoms with Crippen LogP contribution in [-0.2, 0) is 0 Å². The lowest BCUT2D eigenvalue weighted by atomic mass is 10.0. The third-order valence-corrected chi connectivity index (χ3v) is 3.24. The lowest BCUT2D eigenvalue weighted by Crippen LogP contribution is -1.78. The molecular formula is C13H8NS. The van der Waals surface area contributed by atoms with Crippen LogP contribution >= 0.6 is 11.3 Å². The fourth-order valence-corrected chi connectivity index (χ4v) is 2.45. The Balaban J connectivity index is 2.31. The Morgan fingerprint density at radius 3 is 2.80 bits per heavy atom. The monoisotopic (exact) mass is 210 g/mol. The summed E-state index contributed by atoms with van der Waals surface area (Å²) in [6.45, 7) is 0. The minimum absolute atomic E-state index is 1.20. The van der Waals surface area contributed by atoms with Crippen LogP contribution in [0, 0.1) is 6.07 Å². The quantitative estimate of drug-likeness (QED) is 0.596. The zero-order valence-electron chi connectivity index (χ0n) is 7.97. The van der Waals surface area contributed by atoms with E-state index in [1.54, 1.807) is 11.3 Å². The number of hydrogen-bond donors (Lipinski definition) is 0. The highest BCUT2D eigenvalue weighted by Crippen LogP contribution is 2.30. The number of fused-ring (bicyclic) bond motifs is 1. The van der Waals surface area contributed by atoms with Crippen LogP contribution in [0.2, 0.25) is 0 Å². The summed E-state index contributed by atoms with van der Waals surface area (Å²) in [5.41, 5.74) is 2.43. The number of aromatic nitrogens is 1. The van der Waals surface area contributed by atoms with Gasteiger partial charge in [-0.2, -0.15) is 0 Å². The van der Waals surface area contributed by atoms with Gasteiger partial charge in [-0.3, -0.25) is 4.98 Å². The van der Waals surface area contributed by atoms with Gasteiger partial charge >= 0.3 is 0 Å². The largest absolute Gasteiger partial charge is 0.265 e. The fraction of sp³-hybridized carbons (Fsp3) is 0. The maximum atomic E-state index is 4.03. The molecule has 2 heteroatoms. The molecule has 0 saturated carbocycles. The van der Waals surface area contributed by atoms with Crippen molar-refractivity contribution in [2.75, 3.05) is 0 Å². The van der Waals surface area contributed by atoms with Gasteiger partial charge < -0.3 is 0 Å². The molecule has 1 nitrogen and oxygen atoms in total. The molecular weight excluding hydrogens is 202 g/mol. The van der Waals surface area contributed by atoms with E-state index in [2.05, 4.69) is 29.2 Å². The predicted molar refractivity (Wildman–Crippen MR) is 63.9 cm³/mol. The Hall–Kier alpha value is -1.67. The normalized spacial score (nSPS) is 10.7. The van der Waals surface area contributed by atoms with Crippen molar-refractivity contribution in [3.05, 3.63) is 54.2 Å². The molecule has 0 saturated heterocycles. The first-order valence-corrected chi connectivity index (χ1v) is 5.61. The lowest BCUT2D eigenvalue weighted by molar-refractivity contribution is 1.33. The first-order chi connectivity index (χ1) is 7.45. The molecule has 2 heterocycles. The number of hydrogen-bond acceptors (Lipinski definition) is 2. The Morgan fingerprint density at radius 2 is 1.93 bits per heavy atom. The van der Waals surface area contributed by atoms with E-state index in [4.69, 9.17) is 0 Å². The van der Waals surface area contributed by atoms with Crippen molar-refractivity contribution in [1.82, 2.24) is 4.98 Å². The van der Waals surface area contributed by atoms with E-state index in [0.29, 0.717) is 0 Å². The molecule has 2 aromatic heterocycles. The van der Waals surface area contributed by atoms with E-state index in [0.717, 1.165) is 0 Å². The van der Waals surface area contributed by atoms with E-state index in [1.165, 1.54) is 21.2 Å². The SMILES string of the molecule is [c]1csc2cccc(-c3ccncc3)c12. The van der Waals surface area contributed by atoms with Crippen LogP contribution in [0.1, 0.15) is 0 Å². The van der Waals surface area contributed by atoms with Crippen molar-refractivity contribution in [3.63, 3.8) is 0 Å². The van der Waals surface area contributed by atoms with Gasteiger partial charge in [-0.05, 0) is 34.7 Å². The Labute approximate surface area is 92.0 Å². The third kappa shape index (κ3) is 1.43. The molecule has 0 aliphatic carbocycles. The topological polar surface area (TPSA) is 12.9 Å². The van der Waals surface area contributed by atoms with Gasteiger partial charge in [0, 0.05) is 28.5 Å². The second-order valence-corrected chi connectivity index (χ2v) is 4.21. The number of benzene rings is 1. The van der Waals surface area contributed by atoms with Gasteiger partial charge in [0.25, 0.3) is 0 Å². The van der Waals surface area contributed by atoms with Gasteiger partial charge in [0.2, 0.25) is 0 Å². The lowest BCUT2D eigenvalue weighted by Gasteiger charge is -2.02. The molecule has 0 unspecified atom stereocenters. The van der Waals surface area contributed by atoms with Gasteiger partial charge in [0.15, 0.2) is 0 Å². The molecule has 15 heavy (non-hydrogen) atoms. The van der Waals surface area contributed by atoms with Crippen LogP contribution in [0.25, 0.3) is 21.2 Å². The van der Waals surface area contributed by atoms with Crippen molar-refractivity contribution in [1.29, 1.82) is 0 Å². The van der Waals surface area contributed by atoms with Crippen LogP contribution in [0.5, 0.6) is 0 Å². The smallest absolute Gasteiger partial charge is 0.0355 e. The average Bonchev–Trinajstić information content (AvgIpc) is 2.78. The fourth-order valence-electron chi connectivity index (χ4n) is 1.70. The molecule has 0 aliphatic rings. The second-order valence-electron chi connectivity index (χ2n) is 3.29. The van der Waals surface area contributed by atoms with Crippen LogP contribution in [0.3, 0.4) is 0 Å². The van der Waals surface area contributed by atoms with E-state index in [9.17, 15) is 0 Å². The van der Waals surface area contributed by atoms with Gasteiger partial charge in [0.1, 0.15) is 0 Å². The standard InChI is InChI=1S/C13H8NS/c1-2-11(10-4-7-14-8-5-10)12-6-9-15-13(12)3-1/h1-5,7-9H. The summed E-state index contributed by atoms with van der Waals surface area (Å²) in [6, 6.07) is 13.7. The van der Waals surface area contributed by atoms with Crippen LogP contribution in [-0.4, -0.2) is 4.98 Å². The number of nitrogens with zero attached hydrogens (tertiary/aromatic N) is 1. The van der Waals surface area contributed by atoms with Crippen molar-refractivity contribution in [2.45, 2.75) is 0 Å². The summed E-state index contributed by atoms with van der Waals surface area (Å²) in [4.78, 5) is 4.03. The van der Waals surface area contributed by atoms with E-state index < -0.39 is 0 Å². The van der Waals surface area contributed by atoms with Crippen molar-refractivity contribution in [3.8, 4) is 11.1 Å². The van der Waals surface area contributed by atoms with Crippen molar-refractivity contribution >= 4 is 21.4 Å². The van der Waals surface area contributed by atoms with Crippen LogP contribution in [0.15, 0.2) is 48.1 Å². The average molecular weight is 210 g/mol. The third-order valence-electron chi connectivity index (χ3n) is 2.41. The molecule has 0 spiro atoms. The molecule has 0 atom stereocenters. The first kappa shape index (κ1) is 8.62. The van der Waals surface area contributed by atoms with Gasteiger partial charge in [-0.1, -0.05) is 12.1 Å². The molecule has 1 radical (unpaired) electrons. The van der Waals surface area contributed by atoms with Gasteiger partial charge in [0.05, 0.1) is 0 Å². The Bertz CT molecular complexity index is 584. The molecule has 0 bridgehead atoms. The van der Waals surface area contributed by atoms with Crippen LogP contribution in [0.4, 0.5) is 0 Å². The minimum atomic E-state index is 1.20. The zero-order chi connectivity index (χ0) is 10.1. The van der Waals surface area contributed by atoms with Crippen LogP contribution < -0.4 is 0 Å². The molecule has 1 aromatic carbocycles. The predicted octanol–water partition coefficient (Wildman–Crippen LogP) is 3.76. The molecule has 0 N–H and O–H groups in total. The molecule has 71 valence electrons. The van der Waals surface area contributed by atoms with Crippen molar-refractivity contribution < 1.29 is 0 Å². The Kier molecular flexibility index (Phi) is 2.00. The summed E-state index contributed by atoms with van der Waals surface area (Å²) in [5.74, 6) is 0. The number of thiophene rings is 1. The molecule has 0 aliphatic heterocycles. The highest BCUT2D eigenvalue weighted by Gasteiger charge is 2.03. The molecule has 3 rings (SSSR count). The highest BCUT2D eigenvalue weighted by atomic mass is 32.1. The minimum Gasteiger partial charge on any atom is -0.265 e. The summed E-state index contributed by atoms with van der Waals surface area (Å²) in [5, 5.41) is 3.21. The summed E-state index contributed by atoms with van der Waals surface area (Å²) in [6.07, 6.45) is 3.64. The van der Waals surface area contributed by atoms with Crippen molar-refractivity contribution in [2.24, 2.45) is 0 Å². The van der Waals surface area contributed by atoms with E-state index in [1.807, 2.05) is 29.9 Å². The van der Waals surface area contributed by atoms with Gasteiger partial charge in [-0.15, -0.1) is 11.3 Å². The molecule has 0 amide bonds. The number of pyridine rings is 1. The highest BCUT2D eigenvalue weighted by molar-refractivity contribution is 7.17.